The fourth-order valence-corrected chi connectivity index (χ4v) is 1.50. The van der Waals surface area contributed by atoms with Crippen LogP contribution in [0.15, 0.2) is 0 Å². The third-order valence-electron chi connectivity index (χ3n) is 1.95. The summed E-state index contributed by atoms with van der Waals surface area (Å²) in [7, 11) is 1.80. The Bertz CT molecular complexity index is 329. The molecule has 0 atom stereocenters. The van der Waals surface area contributed by atoms with Crippen LogP contribution in [-0.2, 0) is 7.05 Å². The van der Waals surface area contributed by atoms with Crippen LogP contribution in [0.3, 0.4) is 0 Å². The van der Waals surface area contributed by atoms with Gasteiger partial charge >= 0.3 is 0 Å². The summed E-state index contributed by atoms with van der Waals surface area (Å²) < 4.78 is 1.64. The van der Waals surface area contributed by atoms with Crippen LogP contribution in [-0.4, -0.2) is 9.78 Å². The van der Waals surface area contributed by atoms with E-state index in [-0.39, 0.29) is 0 Å². The van der Waals surface area contributed by atoms with Crippen molar-refractivity contribution >= 4 is 0 Å². The van der Waals surface area contributed by atoms with Crippen LogP contribution in [0.5, 0.6) is 0 Å². The quantitative estimate of drug-likeness (QED) is 0.688. The van der Waals surface area contributed by atoms with E-state index in [0.717, 1.165) is 11.3 Å². The van der Waals surface area contributed by atoms with E-state index in [1.165, 1.54) is 0 Å². The zero-order valence-electron chi connectivity index (χ0n) is 9.92. The summed E-state index contributed by atoms with van der Waals surface area (Å²) in [6, 6.07) is 2.17. The molecule has 0 fully saturated rings. The Morgan fingerprint density at radius 1 is 1.36 bits per heavy atom. The van der Waals surface area contributed by atoms with Gasteiger partial charge in [-0.05, 0) is 12.8 Å². The lowest BCUT2D eigenvalue weighted by Crippen LogP contribution is -1.96. The van der Waals surface area contributed by atoms with Gasteiger partial charge in [0, 0.05) is 12.6 Å². The van der Waals surface area contributed by atoms with E-state index in [1.54, 1.807) is 11.7 Å². The molecule has 1 heterocycles. The summed E-state index contributed by atoms with van der Waals surface area (Å²) in [5.41, 5.74) is 2.71. The molecule has 0 unspecified atom stereocenters. The molecule has 1 aromatic rings. The van der Waals surface area contributed by atoms with E-state index < -0.39 is 0 Å². The van der Waals surface area contributed by atoms with E-state index in [0.29, 0.717) is 11.6 Å². The summed E-state index contributed by atoms with van der Waals surface area (Å²) >= 11 is 0. The normalized spacial score (nSPS) is 9.29. The predicted octanol–water partition coefficient (Wildman–Crippen LogP) is 2.75. The molecular formula is C11H19N3. The summed E-state index contributed by atoms with van der Waals surface area (Å²) in [6.45, 7) is 10.1. The second kappa shape index (κ2) is 5.43. The van der Waals surface area contributed by atoms with Gasteiger partial charge in [0.15, 0.2) is 0 Å². The first-order valence-electron chi connectivity index (χ1n) is 5.01. The smallest absolute Gasteiger partial charge is 0.141 e. The van der Waals surface area contributed by atoms with Crippen LogP contribution in [0, 0.1) is 18.3 Å². The summed E-state index contributed by atoms with van der Waals surface area (Å²) in [6.07, 6.45) is 0. The number of hydrogen-bond acceptors (Lipinski definition) is 2. The van der Waals surface area contributed by atoms with Crippen molar-refractivity contribution in [1.82, 2.24) is 9.78 Å². The minimum Gasteiger partial charge on any atom is -0.257 e. The largest absolute Gasteiger partial charge is 0.257 e. The average Bonchev–Trinajstić information content (AvgIpc) is 2.43. The molecule has 1 rings (SSSR count). The molecule has 3 nitrogen and oxygen atoms in total. The monoisotopic (exact) mass is 193 g/mol. The summed E-state index contributed by atoms with van der Waals surface area (Å²) in [4.78, 5) is 0. The van der Waals surface area contributed by atoms with Crippen molar-refractivity contribution < 1.29 is 0 Å². The van der Waals surface area contributed by atoms with Crippen molar-refractivity contribution in [2.45, 2.75) is 40.5 Å². The van der Waals surface area contributed by atoms with Crippen LogP contribution >= 0.6 is 0 Å². The Morgan fingerprint density at radius 2 is 1.86 bits per heavy atom. The van der Waals surface area contributed by atoms with E-state index in [4.69, 9.17) is 5.26 Å². The second-order valence-electron chi connectivity index (χ2n) is 3.24. The maximum atomic E-state index is 8.85. The van der Waals surface area contributed by atoms with Crippen molar-refractivity contribution in [3.63, 3.8) is 0 Å². The third kappa shape index (κ3) is 2.35. The van der Waals surface area contributed by atoms with Crippen molar-refractivity contribution in [3.05, 3.63) is 17.0 Å². The number of nitrogens with zero attached hydrogens (tertiary/aromatic N) is 3. The van der Waals surface area contributed by atoms with Crippen LogP contribution in [0.4, 0.5) is 0 Å². The zero-order chi connectivity index (χ0) is 11.3. The number of hydrogen-bond donors (Lipinski definition) is 0. The van der Waals surface area contributed by atoms with Gasteiger partial charge in [-0.3, -0.25) is 4.68 Å². The molecule has 0 radical (unpaired) electrons. The highest BCUT2D eigenvalue weighted by Gasteiger charge is 2.14. The molecule has 0 aromatic carbocycles. The van der Waals surface area contributed by atoms with Crippen molar-refractivity contribution in [2.24, 2.45) is 7.05 Å². The molecule has 0 aliphatic heterocycles. The van der Waals surface area contributed by atoms with Gasteiger partial charge in [-0.25, -0.2) is 0 Å². The van der Waals surface area contributed by atoms with Crippen LogP contribution < -0.4 is 0 Å². The molecule has 0 saturated heterocycles. The molecule has 3 heteroatoms. The Balaban J connectivity index is 0.000000791. The van der Waals surface area contributed by atoms with E-state index in [1.807, 2.05) is 20.8 Å². The second-order valence-corrected chi connectivity index (χ2v) is 3.24. The van der Waals surface area contributed by atoms with Gasteiger partial charge in [0.1, 0.15) is 11.8 Å². The highest BCUT2D eigenvalue weighted by molar-refractivity contribution is 5.37. The number of aryl methyl sites for hydroxylation is 2. The number of aromatic nitrogens is 2. The molecule has 0 amide bonds. The van der Waals surface area contributed by atoms with E-state index in [9.17, 15) is 0 Å². The molecule has 0 bridgehead atoms. The van der Waals surface area contributed by atoms with Gasteiger partial charge in [-0.15, -0.1) is 0 Å². The van der Waals surface area contributed by atoms with Crippen molar-refractivity contribution in [3.8, 4) is 6.07 Å². The topological polar surface area (TPSA) is 41.6 Å². The standard InChI is InChI=1S/C9H13N3.C2H6/c1-6(2)9-7(3)11-12(4)8(9)5-10;1-2/h6H,1-4H3;1-2H3. The minimum absolute atomic E-state index is 0.369. The van der Waals surface area contributed by atoms with Gasteiger partial charge in [0.25, 0.3) is 0 Å². The Kier molecular flexibility index (Phi) is 4.93. The van der Waals surface area contributed by atoms with Gasteiger partial charge in [-0.2, -0.15) is 10.4 Å². The highest BCUT2D eigenvalue weighted by Crippen LogP contribution is 2.21. The highest BCUT2D eigenvalue weighted by atomic mass is 15.3. The third-order valence-corrected chi connectivity index (χ3v) is 1.95. The van der Waals surface area contributed by atoms with Crippen molar-refractivity contribution in [1.29, 1.82) is 5.26 Å². The predicted molar refractivity (Wildman–Crippen MR) is 58.1 cm³/mol. The first-order chi connectivity index (χ1) is 6.57. The lowest BCUT2D eigenvalue weighted by atomic mass is 10.0. The van der Waals surface area contributed by atoms with Gasteiger partial charge < -0.3 is 0 Å². The maximum Gasteiger partial charge on any atom is 0.141 e. The first-order valence-corrected chi connectivity index (χ1v) is 5.01. The molecular weight excluding hydrogens is 174 g/mol. The summed E-state index contributed by atoms with van der Waals surface area (Å²) in [5.74, 6) is 0.369. The Morgan fingerprint density at radius 3 is 2.14 bits per heavy atom. The van der Waals surface area contributed by atoms with Gasteiger partial charge in [-0.1, -0.05) is 27.7 Å². The van der Waals surface area contributed by atoms with Crippen LogP contribution in [0.2, 0.25) is 0 Å². The zero-order valence-corrected chi connectivity index (χ0v) is 9.92. The molecule has 0 aliphatic carbocycles. The molecule has 0 aliphatic rings. The number of rotatable bonds is 1. The molecule has 0 N–H and O–H groups in total. The van der Waals surface area contributed by atoms with Gasteiger partial charge in [0.2, 0.25) is 0 Å². The first kappa shape index (κ1) is 12.7. The van der Waals surface area contributed by atoms with Crippen LogP contribution in [0.1, 0.15) is 50.6 Å². The molecule has 1 aromatic heterocycles. The lowest BCUT2D eigenvalue weighted by Gasteiger charge is -2.02. The molecule has 0 saturated carbocycles. The molecule has 0 spiro atoms. The van der Waals surface area contributed by atoms with E-state index >= 15 is 0 Å². The SMILES string of the molecule is CC.Cc1nn(C)c(C#N)c1C(C)C. The number of nitriles is 1. The fourth-order valence-electron chi connectivity index (χ4n) is 1.50. The van der Waals surface area contributed by atoms with Crippen LogP contribution in [0.25, 0.3) is 0 Å². The average molecular weight is 193 g/mol. The molecule has 78 valence electrons. The Labute approximate surface area is 86.4 Å². The fraction of sp³-hybridized carbons (Fsp3) is 0.636. The van der Waals surface area contributed by atoms with E-state index in [2.05, 4.69) is 25.0 Å². The van der Waals surface area contributed by atoms with Gasteiger partial charge in [0.05, 0.1) is 5.69 Å². The molecule has 14 heavy (non-hydrogen) atoms. The maximum absolute atomic E-state index is 8.85. The minimum atomic E-state index is 0.369. The van der Waals surface area contributed by atoms with Crippen molar-refractivity contribution in [2.75, 3.05) is 0 Å². The Hall–Kier alpha value is -1.30. The lowest BCUT2D eigenvalue weighted by molar-refractivity contribution is 0.744. The summed E-state index contributed by atoms with van der Waals surface area (Å²) in [5, 5.41) is 13.0.